The Balaban J connectivity index is 2.11. The van der Waals surface area contributed by atoms with E-state index in [0.717, 1.165) is 17.7 Å². The summed E-state index contributed by atoms with van der Waals surface area (Å²) in [5.41, 5.74) is 0.844. The second-order valence-corrected chi connectivity index (χ2v) is 8.93. The Morgan fingerprint density at radius 3 is 2.48 bits per heavy atom. The van der Waals surface area contributed by atoms with Crippen molar-refractivity contribution in [2.45, 2.75) is 19.8 Å². The molecule has 2 rings (SSSR count). The number of hydrogen-bond acceptors (Lipinski definition) is 5. The number of aromatic hydroxyl groups is 1. The first-order chi connectivity index (χ1) is 11.8. The summed E-state index contributed by atoms with van der Waals surface area (Å²) in [6, 6.07) is 12.7. The van der Waals surface area contributed by atoms with Gasteiger partial charge in [0.1, 0.15) is 0 Å². The molecule has 0 fully saturated rings. The number of phenols is 1. The molecular formula is C17H18AsNO6. The van der Waals surface area contributed by atoms with Crippen LogP contribution in [0.1, 0.15) is 18.9 Å². The number of rotatable bonds is 6. The summed E-state index contributed by atoms with van der Waals surface area (Å²) in [7, 11) is 0. The SMILES string of the molecule is CC(=O)Nc1cc(O)ccc1[As](=O)(O)OC(=O)CCc1ccccc1. The number of phenolic OH excluding ortho intramolecular Hbond substituents is 1. The van der Waals surface area contributed by atoms with Crippen LogP contribution in [0.5, 0.6) is 5.75 Å². The first-order valence-corrected chi connectivity index (χ1v) is 10.8. The quantitative estimate of drug-likeness (QED) is 0.618. The first kappa shape index (κ1) is 18.8. The Kier molecular flexibility index (Phi) is 6.06. The van der Waals surface area contributed by atoms with Crippen molar-refractivity contribution in [2.75, 3.05) is 5.32 Å². The van der Waals surface area contributed by atoms with E-state index in [0.29, 0.717) is 6.42 Å². The van der Waals surface area contributed by atoms with E-state index >= 15 is 0 Å². The van der Waals surface area contributed by atoms with Crippen molar-refractivity contribution in [3.05, 3.63) is 54.1 Å². The van der Waals surface area contributed by atoms with Crippen LogP contribution in [0.2, 0.25) is 0 Å². The van der Waals surface area contributed by atoms with Crippen molar-refractivity contribution >= 4 is 36.1 Å². The van der Waals surface area contributed by atoms with E-state index in [2.05, 4.69) is 5.32 Å². The minimum atomic E-state index is -5.23. The Labute approximate surface area is 147 Å². The molecule has 132 valence electrons. The topological polar surface area (TPSA) is 113 Å². The molecule has 8 heteroatoms. The van der Waals surface area contributed by atoms with Gasteiger partial charge in [-0.15, -0.1) is 0 Å². The van der Waals surface area contributed by atoms with Crippen LogP contribution in [0.25, 0.3) is 0 Å². The summed E-state index contributed by atoms with van der Waals surface area (Å²) in [6.07, 6.45) is 0.326. The molecule has 0 aromatic heterocycles. The zero-order chi connectivity index (χ0) is 18.4. The van der Waals surface area contributed by atoms with Gasteiger partial charge < -0.3 is 0 Å². The summed E-state index contributed by atoms with van der Waals surface area (Å²) >= 11 is -5.23. The monoisotopic (exact) mass is 407 g/mol. The standard InChI is InChI=1S/C17H18AsNO6/c1-12(20)19-16-11-14(21)8-9-15(16)18(23,24)25-17(22)10-7-13-5-3-2-4-6-13/h2-6,8-9,11,21H,7,10H2,1H3,(H,19,20)(H,23,24). The number of carbonyl (C=O) groups is 2. The van der Waals surface area contributed by atoms with Crippen LogP contribution in [0, 0.1) is 0 Å². The summed E-state index contributed by atoms with van der Waals surface area (Å²) in [5.74, 6) is -1.49. The van der Waals surface area contributed by atoms with Crippen molar-refractivity contribution in [3.8, 4) is 5.75 Å². The number of hydrogen-bond donors (Lipinski definition) is 3. The molecule has 0 saturated heterocycles. The van der Waals surface area contributed by atoms with Gasteiger partial charge in [0, 0.05) is 0 Å². The molecule has 3 N–H and O–H groups in total. The van der Waals surface area contributed by atoms with E-state index in [4.69, 9.17) is 3.73 Å². The second-order valence-electron chi connectivity index (χ2n) is 5.35. The molecule has 1 unspecified atom stereocenters. The fourth-order valence-corrected chi connectivity index (χ4v) is 4.60. The zero-order valence-corrected chi connectivity index (χ0v) is 15.4. The van der Waals surface area contributed by atoms with Crippen molar-refractivity contribution in [1.29, 1.82) is 0 Å². The average Bonchev–Trinajstić information content (AvgIpc) is 2.52. The molecule has 0 heterocycles. The molecule has 7 nitrogen and oxygen atoms in total. The molecule has 0 radical (unpaired) electrons. The number of aryl methyl sites for hydroxylation is 1. The summed E-state index contributed by atoms with van der Waals surface area (Å²) in [6.45, 7) is 1.22. The molecule has 1 atom stereocenters. The van der Waals surface area contributed by atoms with Gasteiger partial charge in [-0.05, 0) is 0 Å². The van der Waals surface area contributed by atoms with Gasteiger partial charge in [-0.2, -0.15) is 0 Å². The maximum atomic E-state index is 12.5. The molecule has 2 aromatic rings. The zero-order valence-electron chi connectivity index (χ0n) is 13.5. The third-order valence-corrected chi connectivity index (χ3v) is 6.32. The molecule has 2 aromatic carbocycles. The van der Waals surface area contributed by atoms with E-state index in [9.17, 15) is 22.5 Å². The summed E-state index contributed by atoms with van der Waals surface area (Å²) < 4.78 is 27.3. The molecule has 0 aliphatic rings. The van der Waals surface area contributed by atoms with Gasteiger partial charge in [-0.1, -0.05) is 0 Å². The Bertz CT molecular complexity index is 821. The van der Waals surface area contributed by atoms with E-state index in [1.165, 1.54) is 13.0 Å². The molecular weight excluding hydrogens is 389 g/mol. The Hall–Kier alpha value is -2.50. The van der Waals surface area contributed by atoms with Crippen molar-refractivity contribution in [1.82, 2.24) is 0 Å². The predicted octanol–water partition coefficient (Wildman–Crippen LogP) is 1.10. The number of benzene rings is 2. The fraction of sp³-hybridized carbons (Fsp3) is 0.176. The van der Waals surface area contributed by atoms with Crippen molar-refractivity contribution in [2.24, 2.45) is 0 Å². The van der Waals surface area contributed by atoms with E-state index in [-0.39, 0.29) is 22.2 Å². The summed E-state index contributed by atoms with van der Waals surface area (Å²) in [5, 5.41) is 11.8. The predicted molar refractivity (Wildman–Crippen MR) is 91.6 cm³/mol. The molecule has 0 saturated carbocycles. The first-order valence-electron chi connectivity index (χ1n) is 7.48. The normalized spacial score (nSPS) is 12.9. The number of anilines is 1. The van der Waals surface area contributed by atoms with Gasteiger partial charge >= 0.3 is 147 Å². The van der Waals surface area contributed by atoms with Crippen molar-refractivity contribution in [3.63, 3.8) is 0 Å². The van der Waals surface area contributed by atoms with E-state index in [1.807, 2.05) is 30.3 Å². The van der Waals surface area contributed by atoms with Crippen LogP contribution in [0.15, 0.2) is 48.5 Å². The van der Waals surface area contributed by atoms with E-state index in [1.54, 1.807) is 0 Å². The van der Waals surface area contributed by atoms with Gasteiger partial charge in [-0.3, -0.25) is 0 Å². The molecule has 0 bridgehead atoms. The molecule has 0 spiro atoms. The Morgan fingerprint density at radius 1 is 1.16 bits per heavy atom. The van der Waals surface area contributed by atoms with Crippen molar-refractivity contribution < 1.29 is 26.3 Å². The van der Waals surface area contributed by atoms with Gasteiger partial charge in [0.15, 0.2) is 0 Å². The molecule has 1 amide bonds. The van der Waals surface area contributed by atoms with Gasteiger partial charge in [0.25, 0.3) is 0 Å². The number of amides is 1. The molecule has 0 aliphatic carbocycles. The Morgan fingerprint density at radius 2 is 1.84 bits per heavy atom. The average molecular weight is 407 g/mol. The second kappa shape index (κ2) is 8.05. The van der Waals surface area contributed by atoms with Crippen LogP contribution in [-0.2, 0) is 23.5 Å². The van der Waals surface area contributed by atoms with Gasteiger partial charge in [0.2, 0.25) is 0 Å². The van der Waals surface area contributed by atoms with Crippen LogP contribution in [0.4, 0.5) is 5.69 Å². The fourth-order valence-electron chi connectivity index (χ4n) is 2.18. The van der Waals surface area contributed by atoms with Crippen LogP contribution >= 0.6 is 0 Å². The number of nitrogens with one attached hydrogen (secondary N) is 1. The number of carbonyl (C=O) groups excluding carboxylic acids is 2. The van der Waals surface area contributed by atoms with Gasteiger partial charge in [-0.25, -0.2) is 0 Å². The van der Waals surface area contributed by atoms with Gasteiger partial charge in [0.05, 0.1) is 0 Å². The minimum absolute atomic E-state index is 0.0522. The molecule has 25 heavy (non-hydrogen) atoms. The maximum absolute atomic E-state index is 12.5. The van der Waals surface area contributed by atoms with Crippen LogP contribution in [0.3, 0.4) is 0 Å². The molecule has 0 aliphatic heterocycles. The van der Waals surface area contributed by atoms with E-state index < -0.39 is 26.0 Å². The van der Waals surface area contributed by atoms with Crippen LogP contribution in [-0.4, -0.2) is 35.3 Å². The summed E-state index contributed by atoms with van der Waals surface area (Å²) in [4.78, 5) is 23.1. The third kappa shape index (κ3) is 5.51. The third-order valence-electron chi connectivity index (χ3n) is 3.28. The van der Waals surface area contributed by atoms with Crippen LogP contribution < -0.4 is 9.67 Å².